The molecular weight excluding hydrogens is 165 g/mol. The molecule has 0 amide bonds. The Kier molecular flexibility index (Phi) is 2.60. The summed E-state index contributed by atoms with van der Waals surface area (Å²) in [6.07, 6.45) is 1.25. The maximum Gasteiger partial charge on any atom is 0.395 e. The fraction of sp³-hybridized carbons (Fsp3) is 0.556. The van der Waals surface area contributed by atoms with E-state index in [1.54, 1.807) is 6.08 Å². The van der Waals surface area contributed by atoms with Crippen molar-refractivity contribution >= 4 is 0 Å². The molecule has 1 unspecified atom stereocenters. The highest BCUT2D eigenvalue weighted by molar-refractivity contribution is 5.20. The Bertz CT molecular complexity index is 210. The van der Waals surface area contributed by atoms with E-state index in [4.69, 9.17) is 0 Å². The minimum absolute atomic E-state index is 0.135. The van der Waals surface area contributed by atoms with Gasteiger partial charge in [-0.25, -0.2) is 0 Å². The van der Waals surface area contributed by atoms with E-state index in [2.05, 4.69) is 0 Å². The minimum atomic E-state index is -4.08. The first-order chi connectivity index (χ1) is 5.54. The second-order valence-corrected chi connectivity index (χ2v) is 2.92. The van der Waals surface area contributed by atoms with Gasteiger partial charge in [-0.15, -0.1) is 0 Å². The molecule has 0 saturated heterocycles. The molecule has 12 heavy (non-hydrogen) atoms. The van der Waals surface area contributed by atoms with E-state index in [1.165, 1.54) is 12.2 Å². The maximum absolute atomic E-state index is 12.2. The van der Waals surface area contributed by atoms with Crippen molar-refractivity contribution in [2.45, 2.75) is 25.9 Å². The Hall–Kier alpha value is -0.730. The molecule has 1 aliphatic carbocycles. The topological polar surface area (TPSA) is 0 Å². The molecule has 1 rings (SSSR count). The summed E-state index contributed by atoms with van der Waals surface area (Å²) in [6.45, 7) is 1.87. The third-order valence-electron chi connectivity index (χ3n) is 2.03. The van der Waals surface area contributed by atoms with Crippen LogP contribution >= 0.6 is 0 Å². The zero-order chi connectivity index (χ0) is 9.19. The molecule has 0 aliphatic heterocycles. The summed E-state index contributed by atoms with van der Waals surface area (Å²) >= 11 is 0. The summed E-state index contributed by atoms with van der Waals surface area (Å²) in [5.74, 6) is -1.27. The van der Waals surface area contributed by atoms with E-state index in [1.807, 2.05) is 6.92 Å². The Balaban J connectivity index is 2.65. The monoisotopic (exact) mass is 176 g/mol. The first-order valence-corrected chi connectivity index (χ1v) is 3.97. The lowest BCUT2D eigenvalue weighted by Gasteiger charge is -2.20. The molecule has 0 N–H and O–H groups in total. The van der Waals surface area contributed by atoms with Gasteiger partial charge in [0.2, 0.25) is 0 Å². The van der Waals surface area contributed by atoms with Crippen LogP contribution in [0.4, 0.5) is 13.2 Å². The van der Waals surface area contributed by atoms with Crippen LogP contribution in [-0.4, -0.2) is 6.18 Å². The van der Waals surface area contributed by atoms with Crippen LogP contribution < -0.4 is 0 Å². The lowest BCUT2D eigenvalue weighted by Crippen LogP contribution is -2.22. The first kappa shape index (κ1) is 9.36. The van der Waals surface area contributed by atoms with E-state index >= 15 is 0 Å². The highest BCUT2D eigenvalue weighted by atomic mass is 19.4. The number of hydrogen-bond acceptors (Lipinski definition) is 0. The highest BCUT2D eigenvalue weighted by Crippen LogP contribution is 2.34. The molecule has 1 aliphatic rings. The van der Waals surface area contributed by atoms with Gasteiger partial charge in [0.25, 0.3) is 0 Å². The molecule has 0 fully saturated rings. The molecule has 0 saturated carbocycles. The van der Waals surface area contributed by atoms with Gasteiger partial charge in [0.1, 0.15) is 0 Å². The van der Waals surface area contributed by atoms with Crippen molar-refractivity contribution in [3.05, 3.63) is 23.8 Å². The third kappa shape index (κ3) is 2.13. The summed E-state index contributed by atoms with van der Waals surface area (Å²) in [7, 11) is 0. The van der Waals surface area contributed by atoms with Crippen molar-refractivity contribution in [1.82, 2.24) is 0 Å². The molecule has 0 nitrogen and oxygen atoms in total. The molecule has 1 atom stereocenters. The average molecular weight is 176 g/mol. The van der Waals surface area contributed by atoms with E-state index < -0.39 is 12.1 Å². The number of rotatable bonds is 1. The van der Waals surface area contributed by atoms with Crippen LogP contribution in [-0.2, 0) is 0 Å². The van der Waals surface area contributed by atoms with E-state index in [0.717, 1.165) is 5.57 Å². The van der Waals surface area contributed by atoms with Crippen LogP contribution in [0, 0.1) is 5.92 Å². The van der Waals surface area contributed by atoms with Gasteiger partial charge in [-0.3, -0.25) is 0 Å². The Labute approximate surface area is 69.8 Å². The Morgan fingerprint density at radius 1 is 1.50 bits per heavy atom. The zero-order valence-electron chi connectivity index (χ0n) is 6.86. The third-order valence-corrected chi connectivity index (χ3v) is 2.03. The summed E-state index contributed by atoms with van der Waals surface area (Å²) in [5, 5.41) is 0. The Morgan fingerprint density at radius 2 is 2.17 bits per heavy atom. The van der Waals surface area contributed by atoms with Crippen molar-refractivity contribution in [2.24, 2.45) is 5.92 Å². The molecule has 0 aromatic rings. The Morgan fingerprint density at radius 3 is 2.67 bits per heavy atom. The molecule has 0 aromatic carbocycles. The van der Waals surface area contributed by atoms with Gasteiger partial charge in [0.15, 0.2) is 0 Å². The van der Waals surface area contributed by atoms with Crippen molar-refractivity contribution in [3.63, 3.8) is 0 Å². The van der Waals surface area contributed by atoms with Crippen LogP contribution in [0.15, 0.2) is 23.8 Å². The van der Waals surface area contributed by atoms with Crippen LogP contribution in [0.1, 0.15) is 19.8 Å². The van der Waals surface area contributed by atoms with Crippen molar-refractivity contribution in [3.8, 4) is 0 Å². The van der Waals surface area contributed by atoms with Gasteiger partial charge in [0.05, 0.1) is 5.92 Å². The van der Waals surface area contributed by atoms with Gasteiger partial charge < -0.3 is 0 Å². The number of hydrogen-bond donors (Lipinski definition) is 0. The second kappa shape index (κ2) is 3.33. The molecular formula is C9H11F3. The second-order valence-electron chi connectivity index (χ2n) is 2.92. The number of alkyl halides is 3. The van der Waals surface area contributed by atoms with Crippen LogP contribution in [0.2, 0.25) is 0 Å². The van der Waals surface area contributed by atoms with Crippen LogP contribution in [0.25, 0.3) is 0 Å². The summed E-state index contributed by atoms with van der Waals surface area (Å²) < 4.78 is 36.5. The quantitative estimate of drug-likeness (QED) is 0.574. The fourth-order valence-electron chi connectivity index (χ4n) is 1.23. The minimum Gasteiger partial charge on any atom is -0.170 e. The molecule has 3 heteroatoms. The fourth-order valence-corrected chi connectivity index (χ4v) is 1.23. The predicted molar refractivity (Wildman–Crippen MR) is 41.7 cm³/mol. The summed E-state index contributed by atoms with van der Waals surface area (Å²) in [4.78, 5) is 0. The molecule has 68 valence electrons. The van der Waals surface area contributed by atoms with Crippen LogP contribution in [0.3, 0.4) is 0 Å². The zero-order valence-corrected chi connectivity index (χ0v) is 6.86. The standard InChI is InChI=1S/C9H11F3/c1-2-7-4-3-5-8(6-7)9(10,11)12/h3-5,8H,2,6H2,1H3. The summed E-state index contributed by atoms with van der Waals surface area (Å²) in [6, 6.07) is 0. The van der Waals surface area contributed by atoms with E-state index in [-0.39, 0.29) is 6.42 Å². The van der Waals surface area contributed by atoms with E-state index in [0.29, 0.717) is 6.42 Å². The van der Waals surface area contributed by atoms with Gasteiger partial charge in [-0.1, -0.05) is 30.7 Å². The smallest absolute Gasteiger partial charge is 0.170 e. The molecule has 0 bridgehead atoms. The predicted octanol–water partition coefficient (Wildman–Crippen LogP) is 3.46. The molecule has 0 spiro atoms. The lowest BCUT2D eigenvalue weighted by atomic mass is 9.92. The number of halogens is 3. The molecule has 0 radical (unpaired) electrons. The van der Waals surface area contributed by atoms with Crippen molar-refractivity contribution in [2.75, 3.05) is 0 Å². The molecule has 0 heterocycles. The first-order valence-electron chi connectivity index (χ1n) is 3.97. The molecule has 0 aromatic heterocycles. The van der Waals surface area contributed by atoms with Gasteiger partial charge in [0, 0.05) is 0 Å². The largest absolute Gasteiger partial charge is 0.395 e. The lowest BCUT2D eigenvalue weighted by molar-refractivity contribution is -0.161. The number of allylic oxidation sites excluding steroid dienone is 4. The van der Waals surface area contributed by atoms with Crippen molar-refractivity contribution in [1.29, 1.82) is 0 Å². The summed E-state index contributed by atoms with van der Waals surface area (Å²) in [5.41, 5.74) is 0.875. The van der Waals surface area contributed by atoms with E-state index in [9.17, 15) is 13.2 Å². The van der Waals surface area contributed by atoms with Gasteiger partial charge >= 0.3 is 6.18 Å². The van der Waals surface area contributed by atoms with Gasteiger partial charge in [-0.2, -0.15) is 13.2 Å². The van der Waals surface area contributed by atoms with Gasteiger partial charge in [-0.05, 0) is 12.8 Å². The van der Waals surface area contributed by atoms with Crippen molar-refractivity contribution < 1.29 is 13.2 Å². The normalized spacial score (nSPS) is 24.0. The van der Waals surface area contributed by atoms with Crippen LogP contribution in [0.5, 0.6) is 0 Å². The maximum atomic E-state index is 12.2. The highest BCUT2D eigenvalue weighted by Gasteiger charge is 2.38. The SMILES string of the molecule is CCC1=CC=CC(C(F)(F)F)C1. The average Bonchev–Trinajstić information content (AvgIpc) is 2.03.